The van der Waals surface area contributed by atoms with Crippen LogP contribution in [-0.2, 0) is 6.54 Å². The fourth-order valence-electron chi connectivity index (χ4n) is 1.81. The van der Waals surface area contributed by atoms with Gasteiger partial charge in [-0.3, -0.25) is 0 Å². The molecule has 1 nitrogen and oxygen atoms in total. The molecule has 0 atom stereocenters. The Hall–Kier alpha value is -0.180. The molecule has 0 aliphatic heterocycles. The van der Waals surface area contributed by atoms with E-state index in [2.05, 4.69) is 30.6 Å². The Morgan fingerprint density at radius 3 is 2.75 bits per heavy atom. The number of hydrogen-bond acceptors (Lipinski definition) is 2. The average molecular weight is 256 g/mol. The van der Waals surface area contributed by atoms with Gasteiger partial charge in [0.15, 0.2) is 0 Å². The lowest BCUT2D eigenvalue weighted by molar-refractivity contribution is 0.663. The summed E-state index contributed by atoms with van der Waals surface area (Å²) in [7, 11) is 0. The van der Waals surface area contributed by atoms with Crippen molar-refractivity contribution in [3.8, 4) is 0 Å². The molecule has 0 spiro atoms. The molecule has 3 heteroatoms. The largest absolute Gasteiger partial charge is 0.311 e. The Bertz CT molecular complexity index is 374. The zero-order valence-corrected chi connectivity index (χ0v) is 11.4. The van der Waals surface area contributed by atoms with Gasteiger partial charge in [0.1, 0.15) is 0 Å². The Morgan fingerprint density at radius 2 is 2.19 bits per heavy atom. The first-order chi connectivity index (χ1) is 7.65. The highest BCUT2D eigenvalue weighted by Crippen LogP contribution is 2.46. The molecular weight excluding hydrogens is 238 g/mol. The summed E-state index contributed by atoms with van der Waals surface area (Å²) in [4.78, 5) is 0. The first-order valence-corrected chi connectivity index (χ1v) is 7.26. The van der Waals surface area contributed by atoms with Crippen LogP contribution in [0.2, 0.25) is 5.02 Å². The number of hydrogen-bond donors (Lipinski definition) is 1. The Morgan fingerprint density at radius 1 is 1.44 bits per heavy atom. The number of rotatable bonds is 5. The smallest absolute Gasteiger partial charge is 0.0453 e. The normalized spacial score (nSPS) is 17.4. The Labute approximate surface area is 107 Å². The molecule has 1 N–H and O–H groups in total. The molecule has 1 aromatic rings. The highest BCUT2D eigenvalue weighted by atomic mass is 35.5. The third-order valence-corrected chi connectivity index (χ3v) is 4.98. The van der Waals surface area contributed by atoms with Gasteiger partial charge in [0, 0.05) is 22.9 Å². The van der Waals surface area contributed by atoms with E-state index < -0.39 is 0 Å². The number of thioether (sulfide) groups is 1. The third kappa shape index (κ3) is 2.93. The molecule has 1 fully saturated rings. The maximum absolute atomic E-state index is 6.18. The zero-order chi connectivity index (χ0) is 11.6. The van der Waals surface area contributed by atoms with Crippen molar-refractivity contribution < 1.29 is 0 Å². The summed E-state index contributed by atoms with van der Waals surface area (Å²) >= 11 is 8.17. The highest BCUT2D eigenvalue weighted by molar-refractivity contribution is 8.00. The lowest BCUT2D eigenvalue weighted by atomic mass is 10.1. The second-order valence-electron chi connectivity index (χ2n) is 4.59. The van der Waals surface area contributed by atoms with Gasteiger partial charge in [-0.2, -0.15) is 11.8 Å². The quantitative estimate of drug-likeness (QED) is 0.862. The molecule has 1 aliphatic rings. The van der Waals surface area contributed by atoms with Gasteiger partial charge in [0.05, 0.1) is 0 Å². The molecule has 1 aromatic carbocycles. The molecule has 0 heterocycles. The van der Waals surface area contributed by atoms with E-state index in [4.69, 9.17) is 11.6 Å². The van der Waals surface area contributed by atoms with Gasteiger partial charge in [0.25, 0.3) is 0 Å². The van der Waals surface area contributed by atoms with Crippen molar-refractivity contribution in [3.05, 3.63) is 34.3 Å². The van der Waals surface area contributed by atoms with Crippen LogP contribution in [0.1, 0.15) is 24.0 Å². The fraction of sp³-hybridized carbons (Fsp3) is 0.538. The van der Waals surface area contributed by atoms with E-state index in [1.807, 2.05) is 17.8 Å². The molecule has 0 unspecified atom stereocenters. The summed E-state index contributed by atoms with van der Waals surface area (Å²) in [5.74, 6) is 0. The number of aryl methyl sites for hydroxylation is 1. The summed E-state index contributed by atoms with van der Waals surface area (Å²) in [6.07, 6.45) is 4.90. The summed E-state index contributed by atoms with van der Waals surface area (Å²) < 4.78 is 0.525. The van der Waals surface area contributed by atoms with Crippen LogP contribution in [0.25, 0.3) is 0 Å². The number of nitrogens with one attached hydrogen (secondary N) is 1. The minimum absolute atomic E-state index is 0.525. The standard InChI is InChI=1S/C13H18ClNS/c1-10-3-4-11(12(14)7-10)8-15-9-13(16-2)5-6-13/h3-4,7,15H,5-6,8-9H2,1-2H3. The van der Waals surface area contributed by atoms with E-state index in [0.717, 1.165) is 18.1 Å². The molecule has 0 radical (unpaired) electrons. The summed E-state index contributed by atoms with van der Waals surface area (Å²) in [6, 6.07) is 6.26. The zero-order valence-electron chi connectivity index (χ0n) is 9.85. The van der Waals surface area contributed by atoms with Crippen LogP contribution in [0, 0.1) is 6.92 Å². The lowest BCUT2D eigenvalue weighted by Crippen LogP contribution is -2.25. The molecule has 1 aliphatic carbocycles. The van der Waals surface area contributed by atoms with Crippen LogP contribution in [0.5, 0.6) is 0 Å². The molecule has 1 saturated carbocycles. The predicted molar refractivity (Wildman–Crippen MR) is 73.4 cm³/mol. The van der Waals surface area contributed by atoms with Crippen molar-refractivity contribution >= 4 is 23.4 Å². The molecule has 0 saturated heterocycles. The fourth-order valence-corrected chi connectivity index (χ4v) is 2.87. The van der Waals surface area contributed by atoms with E-state index >= 15 is 0 Å². The maximum atomic E-state index is 6.18. The van der Waals surface area contributed by atoms with E-state index in [-0.39, 0.29) is 0 Å². The minimum Gasteiger partial charge on any atom is -0.311 e. The van der Waals surface area contributed by atoms with Crippen LogP contribution in [0.4, 0.5) is 0 Å². The molecule has 0 amide bonds. The van der Waals surface area contributed by atoms with Crippen molar-refractivity contribution in [2.24, 2.45) is 0 Å². The SMILES string of the molecule is CSC1(CNCc2ccc(C)cc2Cl)CC1. The van der Waals surface area contributed by atoms with E-state index in [0.29, 0.717) is 4.75 Å². The van der Waals surface area contributed by atoms with Crippen molar-refractivity contribution in [2.45, 2.75) is 31.1 Å². The Balaban J connectivity index is 1.85. The molecule has 16 heavy (non-hydrogen) atoms. The summed E-state index contributed by atoms with van der Waals surface area (Å²) in [6.45, 7) is 4.04. The van der Waals surface area contributed by atoms with Crippen molar-refractivity contribution in [1.82, 2.24) is 5.32 Å². The minimum atomic E-state index is 0.525. The molecule has 0 aromatic heterocycles. The third-order valence-electron chi connectivity index (χ3n) is 3.21. The molecular formula is C13H18ClNS. The van der Waals surface area contributed by atoms with E-state index in [1.54, 1.807) is 0 Å². The highest BCUT2D eigenvalue weighted by Gasteiger charge is 2.41. The van der Waals surface area contributed by atoms with Crippen LogP contribution >= 0.6 is 23.4 Å². The average Bonchev–Trinajstić information content (AvgIpc) is 3.02. The first kappa shape index (κ1) is 12.3. The van der Waals surface area contributed by atoms with Crippen molar-refractivity contribution in [3.63, 3.8) is 0 Å². The second-order valence-corrected chi connectivity index (χ2v) is 6.27. The van der Waals surface area contributed by atoms with E-state index in [9.17, 15) is 0 Å². The monoisotopic (exact) mass is 255 g/mol. The first-order valence-electron chi connectivity index (χ1n) is 5.66. The van der Waals surface area contributed by atoms with Crippen LogP contribution in [0.15, 0.2) is 18.2 Å². The number of benzene rings is 1. The van der Waals surface area contributed by atoms with Crippen LogP contribution in [0.3, 0.4) is 0 Å². The van der Waals surface area contributed by atoms with E-state index in [1.165, 1.54) is 24.0 Å². The topological polar surface area (TPSA) is 12.0 Å². The van der Waals surface area contributed by atoms with Gasteiger partial charge in [-0.1, -0.05) is 23.7 Å². The molecule has 2 rings (SSSR count). The van der Waals surface area contributed by atoms with Crippen molar-refractivity contribution in [1.29, 1.82) is 0 Å². The second kappa shape index (κ2) is 4.99. The molecule has 88 valence electrons. The van der Waals surface area contributed by atoms with Gasteiger partial charge in [-0.05, 0) is 43.2 Å². The van der Waals surface area contributed by atoms with Gasteiger partial charge < -0.3 is 5.32 Å². The predicted octanol–water partition coefficient (Wildman–Crippen LogP) is 3.63. The van der Waals surface area contributed by atoms with Crippen LogP contribution < -0.4 is 5.32 Å². The lowest BCUT2D eigenvalue weighted by Gasteiger charge is -2.13. The maximum Gasteiger partial charge on any atom is 0.0453 e. The van der Waals surface area contributed by atoms with Gasteiger partial charge in [-0.25, -0.2) is 0 Å². The van der Waals surface area contributed by atoms with Crippen molar-refractivity contribution in [2.75, 3.05) is 12.8 Å². The van der Waals surface area contributed by atoms with Gasteiger partial charge >= 0.3 is 0 Å². The van der Waals surface area contributed by atoms with Gasteiger partial charge in [-0.15, -0.1) is 0 Å². The number of halogens is 1. The summed E-state index contributed by atoms with van der Waals surface area (Å²) in [5, 5.41) is 4.39. The molecule has 0 bridgehead atoms. The summed E-state index contributed by atoms with van der Waals surface area (Å²) in [5.41, 5.74) is 2.42. The van der Waals surface area contributed by atoms with Crippen LogP contribution in [-0.4, -0.2) is 17.5 Å². The Kier molecular flexibility index (Phi) is 3.83. The van der Waals surface area contributed by atoms with Gasteiger partial charge in [0.2, 0.25) is 0 Å².